The molecule has 0 bridgehead atoms. The Hall–Kier alpha value is -1.87. The molecule has 1 aliphatic rings. The van der Waals surface area contributed by atoms with Crippen LogP contribution >= 0.6 is 11.8 Å². The van der Waals surface area contributed by atoms with Gasteiger partial charge in [0.25, 0.3) is 5.22 Å². The lowest BCUT2D eigenvalue weighted by Gasteiger charge is -2.33. The second-order valence-corrected chi connectivity index (χ2v) is 10.3. The van der Waals surface area contributed by atoms with Crippen LogP contribution in [-0.2, 0) is 14.6 Å². The smallest absolute Gasteiger partial charge is 0.277 e. The van der Waals surface area contributed by atoms with Crippen LogP contribution in [0.2, 0.25) is 0 Å². The molecule has 1 aromatic heterocycles. The predicted octanol–water partition coefficient (Wildman–Crippen LogP) is 2.95. The topological polar surface area (TPSA) is 93.4 Å². The van der Waals surface area contributed by atoms with Crippen molar-refractivity contribution in [3.63, 3.8) is 0 Å². The second kappa shape index (κ2) is 8.65. The fourth-order valence-corrected chi connectivity index (χ4v) is 5.71. The van der Waals surface area contributed by atoms with Gasteiger partial charge in [-0.2, -0.15) is 0 Å². The highest BCUT2D eigenvalue weighted by atomic mass is 32.2. The summed E-state index contributed by atoms with van der Waals surface area (Å²) in [6.45, 7) is 5.94. The van der Waals surface area contributed by atoms with E-state index in [2.05, 4.69) is 10.2 Å². The lowest BCUT2D eigenvalue weighted by Crippen LogP contribution is -2.47. The van der Waals surface area contributed by atoms with Crippen molar-refractivity contribution >= 4 is 27.5 Å². The van der Waals surface area contributed by atoms with Gasteiger partial charge in [-0.3, -0.25) is 4.79 Å². The average molecular weight is 424 g/mol. The number of carbonyl (C=O) groups is 1. The molecule has 2 atom stereocenters. The number of nitrogens with zero attached hydrogens (tertiary/aromatic N) is 3. The Morgan fingerprint density at radius 1 is 1.39 bits per heavy atom. The van der Waals surface area contributed by atoms with Crippen LogP contribution in [0.4, 0.5) is 0 Å². The molecule has 2 aromatic rings. The fraction of sp³-hybridized carbons (Fsp3) is 0.526. The van der Waals surface area contributed by atoms with E-state index in [9.17, 15) is 13.2 Å². The molecule has 0 spiro atoms. The van der Waals surface area contributed by atoms with Crippen molar-refractivity contribution in [1.29, 1.82) is 0 Å². The van der Waals surface area contributed by atoms with Gasteiger partial charge in [-0.05, 0) is 38.8 Å². The summed E-state index contributed by atoms with van der Waals surface area (Å²) >= 11 is 1.18. The van der Waals surface area contributed by atoms with Crippen LogP contribution in [0.3, 0.4) is 0 Å². The molecule has 1 aromatic carbocycles. The highest BCUT2D eigenvalue weighted by Gasteiger charge is 2.36. The molecule has 3 rings (SSSR count). The first-order chi connectivity index (χ1) is 13.3. The predicted molar refractivity (Wildman–Crippen MR) is 109 cm³/mol. The maximum Gasteiger partial charge on any atom is 0.277 e. The molecule has 1 fully saturated rings. The van der Waals surface area contributed by atoms with Crippen molar-refractivity contribution in [3.8, 4) is 11.5 Å². The van der Waals surface area contributed by atoms with Gasteiger partial charge in [0.15, 0.2) is 9.84 Å². The minimum atomic E-state index is -3.06. The molecule has 1 saturated heterocycles. The number of rotatable bonds is 7. The molecule has 2 heterocycles. The van der Waals surface area contributed by atoms with Gasteiger partial charge in [0.2, 0.25) is 11.8 Å². The molecule has 1 aliphatic heterocycles. The monoisotopic (exact) mass is 423 g/mol. The number of hydrogen-bond donors (Lipinski definition) is 0. The summed E-state index contributed by atoms with van der Waals surface area (Å²) in [5.41, 5.74) is 1.93. The van der Waals surface area contributed by atoms with E-state index in [4.69, 9.17) is 4.42 Å². The largest absolute Gasteiger partial charge is 0.411 e. The molecule has 0 radical (unpaired) electrons. The van der Waals surface area contributed by atoms with Crippen LogP contribution in [-0.4, -0.2) is 58.8 Å². The van der Waals surface area contributed by atoms with Gasteiger partial charge in [-0.15, -0.1) is 10.2 Å². The summed E-state index contributed by atoms with van der Waals surface area (Å²) in [7, 11) is -3.06. The number of carbonyl (C=O) groups excluding carboxylic acids is 1. The van der Waals surface area contributed by atoms with E-state index in [1.54, 1.807) is 4.90 Å². The first-order valence-electron chi connectivity index (χ1n) is 9.34. The number of amides is 1. The molecule has 9 heteroatoms. The zero-order valence-corrected chi connectivity index (χ0v) is 17.9. The molecule has 0 N–H and O–H groups in total. The Kier molecular flexibility index (Phi) is 6.44. The number of aromatic nitrogens is 2. The average Bonchev–Trinajstić information content (AvgIpc) is 3.26. The van der Waals surface area contributed by atoms with E-state index < -0.39 is 9.84 Å². The van der Waals surface area contributed by atoms with Crippen LogP contribution in [0.25, 0.3) is 11.5 Å². The highest BCUT2D eigenvalue weighted by Crippen LogP contribution is 2.26. The van der Waals surface area contributed by atoms with Crippen LogP contribution in [0, 0.1) is 6.92 Å². The zero-order valence-electron chi connectivity index (χ0n) is 16.3. The van der Waals surface area contributed by atoms with E-state index in [-0.39, 0.29) is 35.2 Å². The van der Waals surface area contributed by atoms with Crippen molar-refractivity contribution in [2.45, 2.75) is 50.9 Å². The van der Waals surface area contributed by atoms with Crippen molar-refractivity contribution in [3.05, 3.63) is 29.8 Å². The molecule has 7 nitrogen and oxygen atoms in total. The van der Waals surface area contributed by atoms with Gasteiger partial charge in [0, 0.05) is 17.6 Å². The molecule has 0 unspecified atom stereocenters. The number of benzene rings is 1. The zero-order chi connectivity index (χ0) is 20.3. The summed E-state index contributed by atoms with van der Waals surface area (Å²) in [5, 5.41) is 8.40. The van der Waals surface area contributed by atoms with Crippen molar-refractivity contribution in [1.82, 2.24) is 15.1 Å². The van der Waals surface area contributed by atoms with Gasteiger partial charge >= 0.3 is 0 Å². The van der Waals surface area contributed by atoms with Gasteiger partial charge in [-0.25, -0.2) is 8.42 Å². The van der Waals surface area contributed by atoms with Crippen molar-refractivity contribution in [2.24, 2.45) is 0 Å². The first-order valence-corrected chi connectivity index (χ1v) is 12.1. The SMILES string of the molecule is CC[C@H](C)N(C(=O)CSc1nnc(-c2cccc(C)c2)o1)[C@H]1CCS(=O)(=O)C1. The maximum absolute atomic E-state index is 12.9. The van der Waals surface area contributed by atoms with Gasteiger partial charge in [-0.1, -0.05) is 36.4 Å². The number of sulfone groups is 1. The van der Waals surface area contributed by atoms with Gasteiger partial charge in [0.05, 0.1) is 17.3 Å². The van der Waals surface area contributed by atoms with E-state index in [0.717, 1.165) is 17.5 Å². The third-order valence-corrected chi connectivity index (χ3v) is 7.50. The summed E-state index contributed by atoms with van der Waals surface area (Å²) in [5.74, 6) is 0.646. The van der Waals surface area contributed by atoms with E-state index in [1.807, 2.05) is 45.0 Å². The molecule has 0 aliphatic carbocycles. The van der Waals surface area contributed by atoms with Gasteiger partial charge in [0.1, 0.15) is 0 Å². The summed E-state index contributed by atoms with van der Waals surface area (Å²) in [6.07, 6.45) is 1.27. The molecular formula is C19H25N3O4S2. The van der Waals surface area contributed by atoms with Crippen molar-refractivity contribution in [2.75, 3.05) is 17.3 Å². The lowest BCUT2D eigenvalue weighted by atomic mass is 10.1. The summed E-state index contributed by atoms with van der Waals surface area (Å²) in [6, 6.07) is 7.49. The second-order valence-electron chi connectivity index (χ2n) is 7.15. The van der Waals surface area contributed by atoms with Crippen molar-refractivity contribution < 1.29 is 17.6 Å². The molecular weight excluding hydrogens is 398 g/mol. The van der Waals surface area contributed by atoms with Crippen LogP contribution in [0.5, 0.6) is 0 Å². The van der Waals surface area contributed by atoms with E-state index in [0.29, 0.717) is 17.5 Å². The van der Waals surface area contributed by atoms with Crippen LogP contribution in [0.15, 0.2) is 33.9 Å². The van der Waals surface area contributed by atoms with Gasteiger partial charge < -0.3 is 9.32 Å². The molecule has 28 heavy (non-hydrogen) atoms. The number of aryl methyl sites for hydroxylation is 1. The Morgan fingerprint density at radius 3 is 2.82 bits per heavy atom. The molecule has 152 valence electrons. The Balaban J connectivity index is 1.66. The highest BCUT2D eigenvalue weighted by molar-refractivity contribution is 7.99. The summed E-state index contributed by atoms with van der Waals surface area (Å²) in [4.78, 5) is 14.6. The number of hydrogen-bond acceptors (Lipinski definition) is 7. The maximum atomic E-state index is 12.9. The van der Waals surface area contributed by atoms with E-state index in [1.165, 1.54) is 11.8 Å². The Bertz CT molecular complexity index is 942. The lowest BCUT2D eigenvalue weighted by molar-refractivity contribution is -0.132. The third-order valence-electron chi connectivity index (χ3n) is 4.95. The Labute approximate surface area is 169 Å². The standard InChI is InChI=1S/C19H25N3O4S2/c1-4-14(3)22(16-8-9-28(24,25)12-16)17(23)11-27-19-21-20-18(26-19)15-7-5-6-13(2)10-15/h5-7,10,14,16H,4,8-9,11-12H2,1-3H3/t14-,16-/m0/s1. The quantitative estimate of drug-likeness (QED) is 0.632. The fourth-order valence-electron chi connectivity index (χ4n) is 3.36. The molecule has 0 saturated carbocycles. The normalized spacial score (nSPS) is 19.5. The minimum absolute atomic E-state index is 0.0167. The Morgan fingerprint density at radius 2 is 2.18 bits per heavy atom. The minimum Gasteiger partial charge on any atom is -0.411 e. The van der Waals surface area contributed by atoms with Crippen LogP contribution in [0.1, 0.15) is 32.3 Å². The van der Waals surface area contributed by atoms with Crippen LogP contribution < -0.4 is 0 Å². The summed E-state index contributed by atoms with van der Waals surface area (Å²) < 4.78 is 29.4. The third kappa shape index (κ3) is 4.94. The molecule has 1 amide bonds. The first kappa shape index (κ1) is 20.9. The van der Waals surface area contributed by atoms with E-state index >= 15 is 0 Å². The number of thioether (sulfide) groups is 1.